The maximum Gasteiger partial charge on any atom is 0.243 e. The Morgan fingerprint density at radius 2 is 1.90 bits per heavy atom. The lowest BCUT2D eigenvalue weighted by atomic mass is 10.2. The molecular weight excluding hydrogens is 408 g/mol. The number of unbranched alkanes of at least 4 members (excludes halogenated alkanes) is 1. The zero-order valence-electron chi connectivity index (χ0n) is 17.2. The maximum atomic E-state index is 12.7. The van der Waals surface area contributed by atoms with Crippen LogP contribution in [-0.4, -0.2) is 49.4 Å². The molecular formula is C20H28N4O3S2. The standard InChI is InChI=1S/C20H28N4O3S2/c1-4-5-6-16(2)22-24-17(3)15-28-20(24)21-18-7-9-19(10-8-18)29(25,26)23-11-13-27-14-12-23/h7-10,15H,4-6,11-14H2,1-3H3. The quantitative estimate of drug-likeness (QED) is 0.623. The van der Waals surface area contributed by atoms with Crippen LogP contribution < -0.4 is 4.80 Å². The second-order valence-electron chi connectivity index (χ2n) is 7.03. The van der Waals surface area contributed by atoms with Crippen LogP contribution in [0, 0.1) is 6.92 Å². The summed E-state index contributed by atoms with van der Waals surface area (Å²) in [5.41, 5.74) is 2.79. The number of hydrogen-bond acceptors (Lipinski definition) is 6. The molecule has 0 radical (unpaired) electrons. The average Bonchev–Trinajstić information content (AvgIpc) is 3.07. The lowest BCUT2D eigenvalue weighted by molar-refractivity contribution is 0.0730. The first kappa shape index (κ1) is 21.9. The molecule has 1 aromatic heterocycles. The van der Waals surface area contributed by atoms with Gasteiger partial charge in [-0.1, -0.05) is 13.3 Å². The molecule has 7 nitrogen and oxygen atoms in total. The predicted molar refractivity (Wildman–Crippen MR) is 116 cm³/mol. The fraction of sp³-hybridized carbons (Fsp3) is 0.500. The van der Waals surface area contributed by atoms with Crippen LogP contribution in [-0.2, 0) is 14.8 Å². The predicted octanol–water partition coefficient (Wildman–Crippen LogP) is 3.53. The van der Waals surface area contributed by atoms with Gasteiger partial charge >= 0.3 is 0 Å². The van der Waals surface area contributed by atoms with Crippen molar-refractivity contribution < 1.29 is 13.2 Å². The van der Waals surface area contributed by atoms with Crippen molar-refractivity contribution in [1.29, 1.82) is 0 Å². The number of benzene rings is 1. The Kier molecular flexibility index (Phi) is 7.39. The van der Waals surface area contributed by atoms with E-state index in [0.29, 0.717) is 32.0 Å². The SMILES string of the molecule is CCCCC(C)=Nn1c(C)csc1=Nc1ccc(S(=O)(=O)N2CCOCC2)cc1. The molecule has 0 spiro atoms. The first-order valence-electron chi connectivity index (χ1n) is 9.86. The lowest BCUT2D eigenvalue weighted by Crippen LogP contribution is -2.40. The van der Waals surface area contributed by atoms with Crippen molar-refractivity contribution in [2.24, 2.45) is 10.1 Å². The molecule has 0 bridgehead atoms. The highest BCUT2D eigenvalue weighted by Gasteiger charge is 2.26. The van der Waals surface area contributed by atoms with E-state index in [-0.39, 0.29) is 4.90 Å². The number of hydrogen-bond donors (Lipinski definition) is 0. The number of ether oxygens (including phenoxy) is 1. The molecule has 0 unspecified atom stereocenters. The molecule has 0 saturated carbocycles. The first-order chi connectivity index (χ1) is 13.9. The molecule has 0 N–H and O–H groups in total. The van der Waals surface area contributed by atoms with Gasteiger partial charge in [0.2, 0.25) is 14.8 Å². The van der Waals surface area contributed by atoms with E-state index in [9.17, 15) is 8.42 Å². The Bertz CT molecular complexity index is 1010. The van der Waals surface area contributed by atoms with Gasteiger partial charge in [-0.05, 0) is 51.0 Å². The largest absolute Gasteiger partial charge is 0.379 e. The summed E-state index contributed by atoms with van der Waals surface area (Å²) in [7, 11) is -3.49. The summed E-state index contributed by atoms with van der Waals surface area (Å²) in [6.07, 6.45) is 3.22. The van der Waals surface area contributed by atoms with Crippen LogP contribution >= 0.6 is 11.3 Å². The summed E-state index contributed by atoms with van der Waals surface area (Å²) in [4.78, 5) is 5.72. The van der Waals surface area contributed by atoms with Gasteiger partial charge in [0.25, 0.3) is 0 Å². The lowest BCUT2D eigenvalue weighted by Gasteiger charge is -2.26. The number of aryl methyl sites for hydroxylation is 1. The van der Waals surface area contributed by atoms with E-state index in [0.717, 1.165) is 35.5 Å². The average molecular weight is 437 g/mol. The summed E-state index contributed by atoms with van der Waals surface area (Å²) in [6, 6.07) is 6.70. The fourth-order valence-electron chi connectivity index (χ4n) is 2.98. The van der Waals surface area contributed by atoms with E-state index < -0.39 is 10.0 Å². The Labute approximate surface area is 176 Å². The van der Waals surface area contributed by atoms with Gasteiger partial charge in [0.05, 0.1) is 29.5 Å². The molecule has 2 heterocycles. The molecule has 1 aliphatic rings. The molecule has 0 amide bonds. The van der Waals surface area contributed by atoms with Crippen LogP contribution in [0.25, 0.3) is 0 Å². The smallest absolute Gasteiger partial charge is 0.243 e. The highest BCUT2D eigenvalue weighted by Crippen LogP contribution is 2.20. The third kappa shape index (κ3) is 5.42. The van der Waals surface area contributed by atoms with Crippen LogP contribution in [0.3, 0.4) is 0 Å². The van der Waals surface area contributed by atoms with Crippen molar-refractivity contribution in [3.63, 3.8) is 0 Å². The monoisotopic (exact) mass is 436 g/mol. The zero-order chi connectivity index (χ0) is 20.9. The molecule has 29 heavy (non-hydrogen) atoms. The third-order valence-corrected chi connectivity index (χ3v) is 7.53. The number of aromatic nitrogens is 1. The minimum Gasteiger partial charge on any atom is -0.379 e. The molecule has 1 aliphatic heterocycles. The van der Waals surface area contributed by atoms with Crippen molar-refractivity contribution in [2.45, 2.75) is 44.9 Å². The Balaban J connectivity index is 1.85. The number of rotatable bonds is 7. The minimum absolute atomic E-state index is 0.280. The van der Waals surface area contributed by atoms with Gasteiger partial charge < -0.3 is 4.74 Å². The summed E-state index contributed by atoms with van der Waals surface area (Å²) in [6.45, 7) is 7.85. The van der Waals surface area contributed by atoms with E-state index >= 15 is 0 Å². The number of morpholine rings is 1. The highest BCUT2D eigenvalue weighted by atomic mass is 32.2. The van der Waals surface area contributed by atoms with Crippen LogP contribution in [0.15, 0.2) is 44.6 Å². The topological polar surface area (TPSA) is 76.3 Å². The van der Waals surface area contributed by atoms with Crippen molar-refractivity contribution >= 4 is 32.8 Å². The normalized spacial score (nSPS) is 17.1. The van der Waals surface area contributed by atoms with Gasteiger partial charge in [0, 0.05) is 24.2 Å². The van der Waals surface area contributed by atoms with Crippen LogP contribution in [0.5, 0.6) is 0 Å². The van der Waals surface area contributed by atoms with Gasteiger partial charge in [0.1, 0.15) is 0 Å². The molecule has 1 saturated heterocycles. The first-order valence-corrected chi connectivity index (χ1v) is 12.2. The van der Waals surface area contributed by atoms with Gasteiger partial charge in [0.15, 0.2) is 0 Å². The van der Waals surface area contributed by atoms with Crippen molar-refractivity contribution in [2.75, 3.05) is 26.3 Å². The Hall–Kier alpha value is -1.81. The summed E-state index contributed by atoms with van der Waals surface area (Å²) >= 11 is 1.52. The maximum absolute atomic E-state index is 12.7. The second-order valence-corrected chi connectivity index (χ2v) is 9.81. The van der Waals surface area contributed by atoms with Gasteiger partial charge in [-0.25, -0.2) is 18.1 Å². The van der Waals surface area contributed by atoms with E-state index in [4.69, 9.17) is 9.84 Å². The number of thiazole rings is 1. The molecule has 158 valence electrons. The van der Waals surface area contributed by atoms with E-state index in [2.05, 4.69) is 11.9 Å². The Morgan fingerprint density at radius 3 is 2.55 bits per heavy atom. The number of nitrogens with zero attached hydrogens (tertiary/aromatic N) is 4. The molecule has 0 aliphatic carbocycles. The van der Waals surface area contributed by atoms with Crippen LogP contribution in [0.4, 0.5) is 5.69 Å². The highest BCUT2D eigenvalue weighted by molar-refractivity contribution is 7.89. The van der Waals surface area contributed by atoms with Gasteiger partial charge in [-0.3, -0.25) is 0 Å². The molecule has 2 aromatic rings. The molecule has 9 heteroatoms. The summed E-state index contributed by atoms with van der Waals surface area (Å²) in [5.74, 6) is 0. The summed E-state index contributed by atoms with van der Waals surface area (Å²) < 4.78 is 34.0. The number of sulfonamides is 1. The summed E-state index contributed by atoms with van der Waals surface area (Å²) in [5, 5.41) is 6.73. The van der Waals surface area contributed by atoms with E-state index in [1.165, 1.54) is 15.6 Å². The van der Waals surface area contributed by atoms with Gasteiger partial charge in [-0.15, -0.1) is 11.3 Å². The van der Waals surface area contributed by atoms with Crippen LogP contribution in [0.2, 0.25) is 0 Å². The zero-order valence-corrected chi connectivity index (χ0v) is 18.8. The van der Waals surface area contributed by atoms with Crippen LogP contribution in [0.1, 0.15) is 38.8 Å². The molecule has 1 aromatic carbocycles. The molecule has 3 rings (SSSR count). The molecule has 1 fully saturated rings. The Morgan fingerprint density at radius 1 is 1.21 bits per heavy atom. The second kappa shape index (κ2) is 9.80. The molecule has 0 atom stereocenters. The van der Waals surface area contributed by atoms with E-state index in [1.807, 2.05) is 23.9 Å². The minimum atomic E-state index is -3.49. The van der Waals surface area contributed by atoms with Gasteiger partial charge in [-0.2, -0.15) is 9.41 Å². The van der Waals surface area contributed by atoms with Crippen molar-refractivity contribution in [1.82, 2.24) is 8.98 Å². The van der Waals surface area contributed by atoms with Crippen molar-refractivity contribution in [3.8, 4) is 0 Å². The van der Waals surface area contributed by atoms with Crippen molar-refractivity contribution in [3.05, 3.63) is 40.1 Å². The third-order valence-electron chi connectivity index (χ3n) is 4.68. The van der Waals surface area contributed by atoms with E-state index in [1.54, 1.807) is 24.3 Å². The fourth-order valence-corrected chi connectivity index (χ4v) is 5.20.